The Morgan fingerprint density at radius 3 is 1.67 bits per heavy atom. The largest absolute Gasteiger partial charge is 0.402 e. The van der Waals surface area contributed by atoms with Crippen LogP contribution < -0.4 is 5.32 Å². The van der Waals surface area contributed by atoms with Gasteiger partial charge in [0, 0.05) is 14.2 Å². The molecule has 9 heavy (non-hydrogen) atoms. The third-order valence-electron chi connectivity index (χ3n) is 0.589. The number of rotatable bonds is 3. The lowest BCUT2D eigenvalue weighted by atomic mass is 10.8. The van der Waals surface area contributed by atoms with Crippen LogP contribution in [0.3, 0.4) is 0 Å². The van der Waals surface area contributed by atoms with Crippen LogP contribution in [0.25, 0.3) is 0 Å². The van der Waals surface area contributed by atoms with Gasteiger partial charge >= 0.3 is 10.0 Å². The summed E-state index contributed by atoms with van der Waals surface area (Å²) in [6.45, 7) is 3.14. The Bertz CT molecular complexity index is 34.1. The van der Waals surface area contributed by atoms with Crippen LogP contribution in [-0.2, 0) is 8.85 Å². The fraction of sp³-hybridized carbons (Fsp3) is 1.00. The SMILES string of the molecule is CCNC.CO[SiH2]OC. The van der Waals surface area contributed by atoms with Crippen molar-refractivity contribution in [1.29, 1.82) is 0 Å². The van der Waals surface area contributed by atoms with Crippen molar-refractivity contribution in [1.82, 2.24) is 5.32 Å². The summed E-state index contributed by atoms with van der Waals surface area (Å²) >= 11 is 0. The first-order valence-electron chi connectivity index (χ1n) is 2.95. The first kappa shape index (κ1) is 11.8. The van der Waals surface area contributed by atoms with Gasteiger partial charge in [0.15, 0.2) is 0 Å². The minimum atomic E-state index is -0.568. The molecule has 0 bridgehead atoms. The van der Waals surface area contributed by atoms with Crippen molar-refractivity contribution in [3.05, 3.63) is 0 Å². The molecule has 0 atom stereocenters. The molecule has 0 saturated carbocycles. The Morgan fingerprint density at radius 2 is 1.67 bits per heavy atom. The summed E-state index contributed by atoms with van der Waals surface area (Å²) in [7, 11) is 4.66. The van der Waals surface area contributed by atoms with Gasteiger partial charge in [0.25, 0.3) is 0 Å². The molecule has 0 saturated heterocycles. The summed E-state index contributed by atoms with van der Waals surface area (Å²) in [5, 5.41) is 2.93. The third-order valence-corrected chi connectivity index (χ3v) is 1.06. The van der Waals surface area contributed by atoms with Crippen molar-refractivity contribution in [2.75, 3.05) is 27.8 Å². The second kappa shape index (κ2) is 15.7. The molecule has 0 aromatic heterocycles. The lowest BCUT2D eigenvalue weighted by molar-refractivity contribution is 0.309. The van der Waals surface area contributed by atoms with Gasteiger partial charge < -0.3 is 14.2 Å². The van der Waals surface area contributed by atoms with E-state index < -0.39 is 10.0 Å². The quantitative estimate of drug-likeness (QED) is 0.552. The van der Waals surface area contributed by atoms with Crippen molar-refractivity contribution in [3.8, 4) is 0 Å². The maximum atomic E-state index is 4.61. The van der Waals surface area contributed by atoms with E-state index in [1.54, 1.807) is 14.2 Å². The van der Waals surface area contributed by atoms with Crippen LogP contribution in [0, 0.1) is 0 Å². The zero-order chi connectivity index (χ0) is 7.54. The van der Waals surface area contributed by atoms with Gasteiger partial charge in [0.2, 0.25) is 0 Å². The Kier molecular flexibility index (Phi) is 20.7. The summed E-state index contributed by atoms with van der Waals surface area (Å²) in [4.78, 5) is 0. The van der Waals surface area contributed by atoms with Crippen molar-refractivity contribution in [2.24, 2.45) is 0 Å². The molecule has 0 aliphatic rings. The van der Waals surface area contributed by atoms with Gasteiger partial charge in [-0.1, -0.05) is 6.92 Å². The van der Waals surface area contributed by atoms with Gasteiger partial charge in [-0.3, -0.25) is 0 Å². The normalized spacial score (nSPS) is 8.00. The standard InChI is InChI=1S/C3H9N.C2H8O2Si/c1-3-4-2;1-3-5-4-2/h4H,3H2,1-2H3;5H2,1-2H3. The Hall–Kier alpha value is 0.0969. The third kappa shape index (κ3) is 31.4. The summed E-state index contributed by atoms with van der Waals surface area (Å²) in [5.74, 6) is 0. The van der Waals surface area contributed by atoms with E-state index >= 15 is 0 Å². The monoisotopic (exact) mass is 151 g/mol. The van der Waals surface area contributed by atoms with E-state index in [4.69, 9.17) is 0 Å². The molecular formula is C5H17NO2Si. The highest BCUT2D eigenvalue weighted by Crippen LogP contribution is 1.55. The molecule has 3 nitrogen and oxygen atoms in total. The predicted molar refractivity (Wildman–Crippen MR) is 42.2 cm³/mol. The average molecular weight is 151 g/mol. The molecule has 1 N–H and O–H groups in total. The first-order chi connectivity index (χ1) is 4.33. The molecule has 0 heterocycles. The zero-order valence-corrected chi connectivity index (χ0v) is 8.14. The van der Waals surface area contributed by atoms with E-state index in [0.29, 0.717) is 0 Å². The Morgan fingerprint density at radius 1 is 1.33 bits per heavy atom. The van der Waals surface area contributed by atoms with Gasteiger partial charge in [-0.25, -0.2) is 0 Å². The van der Waals surface area contributed by atoms with Gasteiger partial charge in [0.05, 0.1) is 0 Å². The molecule has 0 aliphatic heterocycles. The molecule has 0 rings (SSSR count). The van der Waals surface area contributed by atoms with Crippen LogP contribution in [0.2, 0.25) is 0 Å². The summed E-state index contributed by atoms with van der Waals surface area (Å²) in [5.41, 5.74) is 0. The van der Waals surface area contributed by atoms with Gasteiger partial charge in [-0.2, -0.15) is 0 Å². The second-order valence-corrected chi connectivity index (χ2v) is 2.79. The summed E-state index contributed by atoms with van der Waals surface area (Å²) in [6.07, 6.45) is 0. The van der Waals surface area contributed by atoms with E-state index in [1.807, 2.05) is 7.05 Å². The van der Waals surface area contributed by atoms with Gasteiger partial charge in [-0.15, -0.1) is 0 Å². The molecule has 58 valence electrons. The Labute approximate surface area is 59.8 Å². The van der Waals surface area contributed by atoms with Crippen LogP contribution in [-0.4, -0.2) is 37.8 Å². The number of hydrogen-bond acceptors (Lipinski definition) is 3. The van der Waals surface area contributed by atoms with Crippen molar-refractivity contribution < 1.29 is 8.85 Å². The van der Waals surface area contributed by atoms with Crippen molar-refractivity contribution >= 4 is 10.0 Å². The van der Waals surface area contributed by atoms with Crippen molar-refractivity contribution in [2.45, 2.75) is 6.92 Å². The molecule has 0 spiro atoms. The highest BCUT2D eigenvalue weighted by molar-refractivity contribution is 6.17. The van der Waals surface area contributed by atoms with Gasteiger partial charge in [0.1, 0.15) is 0 Å². The minimum Gasteiger partial charge on any atom is -0.402 e. The molecule has 4 heteroatoms. The lowest BCUT2D eigenvalue weighted by Gasteiger charge is -1.86. The van der Waals surface area contributed by atoms with E-state index in [0.717, 1.165) is 6.54 Å². The average Bonchev–Trinajstić information content (AvgIpc) is 1.91. The van der Waals surface area contributed by atoms with Crippen LogP contribution >= 0.6 is 0 Å². The lowest BCUT2D eigenvalue weighted by Crippen LogP contribution is -2.01. The molecule has 0 amide bonds. The molecule has 0 radical (unpaired) electrons. The number of nitrogens with one attached hydrogen (secondary N) is 1. The van der Waals surface area contributed by atoms with Crippen LogP contribution in [0.15, 0.2) is 0 Å². The van der Waals surface area contributed by atoms with Crippen LogP contribution in [0.4, 0.5) is 0 Å². The highest BCUT2D eigenvalue weighted by Gasteiger charge is 1.67. The fourth-order valence-electron chi connectivity index (χ4n) is 0.118. The molecular weight excluding hydrogens is 134 g/mol. The summed E-state index contributed by atoms with van der Waals surface area (Å²) in [6, 6.07) is 0. The van der Waals surface area contributed by atoms with Gasteiger partial charge in [-0.05, 0) is 13.6 Å². The topological polar surface area (TPSA) is 30.5 Å². The molecule has 0 unspecified atom stereocenters. The van der Waals surface area contributed by atoms with Crippen LogP contribution in [0.1, 0.15) is 6.92 Å². The molecule has 0 aromatic carbocycles. The first-order valence-corrected chi connectivity index (χ1v) is 4.11. The maximum Gasteiger partial charge on any atom is 0.303 e. The number of hydrogen-bond donors (Lipinski definition) is 1. The second-order valence-electron chi connectivity index (χ2n) is 1.40. The van der Waals surface area contributed by atoms with E-state index in [9.17, 15) is 0 Å². The van der Waals surface area contributed by atoms with Crippen molar-refractivity contribution in [3.63, 3.8) is 0 Å². The molecule has 0 fully saturated rings. The Balaban J connectivity index is 0. The highest BCUT2D eigenvalue weighted by atomic mass is 28.3. The smallest absolute Gasteiger partial charge is 0.303 e. The van der Waals surface area contributed by atoms with Crippen LogP contribution in [0.5, 0.6) is 0 Å². The minimum absolute atomic E-state index is 0.568. The van der Waals surface area contributed by atoms with E-state index in [2.05, 4.69) is 21.1 Å². The predicted octanol–water partition coefficient (Wildman–Crippen LogP) is -0.496. The van der Waals surface area contributed by atoms with E-state index in [1.165, 1.54) is 0 Å². The zero-order valence-electron chi connectivity index (χ0n) is 6.73. The molecule has 0 aromatic rings. The molecule has 0 aliphatic carbocycles. The maximum absolute atomic E-state index is 4.61. The van der Waals surface area contributed by atoms with E-state index in [-0.39, 0.29) is 0 Å². The fourth-order valence-corrected chi connectivity index (χ4v) is 0.354. The summed E-state index contributed by atoms with van der Waals surface area (Å²) < 4.78 is 9.22.